The summed E-state index contributed by atoms with van der Waals surface area (Å²) >= 11 is 0. The van der Waals surface area contributed by atoms with Gasteiger partial charge in [0.2, 0.25) is 0 Å². The van der Waals surface area contributed by atoms with Gasteiger partial charge >= 0.3 is 0 Å². The summed E-state index contributed by atoms with van der Waals surface area (Å²) in [6.45, 7) is 1.84. The zero-order chi connectivity index (χ0) is 13.8. The third-order valence-corrected chi connectivity index (χ3v) is 2.95. The molecule has 0 bridgehead atoms. The lowest BCUT2D eigenvalue weighted by Crippen LogP contribution is -2.06. The number of hydrogen-bond acceptors (Lipinski definition) is 2. The molecule has 0 heterocycles. The summed E-state index contributed by atoms with van der Waals surface area (Å²) in [7, 11) is 1.59. The van der Waals surface area contributed by atoms with Gasteiger partial charge in [0, 0.05) is 6.42 Å². The number of benzene rings is 2. The second-order valence-corrected chi connectivity index (χ2v) is 4.43. The van der Waals surface area contributed by atoms with Gasteiger partial charge < -0.3 is 4.74 Å². The summed E-state index contributed by atoms with van der Waals surface area (Å²) < 4.78 is 18.6. The Morgan fingerprint density at radius 3 is 2.47 bits per heavy atom. The predicted molar refractivity (Wildman–Crippen MR) is 72.2 cm³/mol. The Kier molecular flexibility index (Phi) is 3.95. The van der Waals surface area contributed by atoms with Crippen LogP contribution in [0.4, 0.5) is 4.39 Å². The Hall–Kier alpha value is -2.16. The molecule has 2 aromatic rings. The molecule has 0 spiro atoms. The highest BCUT2D eigenvalue weighted by Crippen LogP contribution is 2.16. The molecule has 0 aliphatic heterocycles. The number of carbonyl (C=O) groups is 1. The molecule has 0 unspecified atom stereocenters. The number of halogens is 1. The van der Waals surface area contributed by atoms with Crippen molar-refractivity contribution in [1.82, 2.24) is 0 Å². The summed E-state index contributed by atoms with van der Waals surface area (Å²) in [4.78, 5) is 12.1. The average Bonchev–Trinajstić information content (AvgIpc) is 2.42. The molecule has 2 rings (SSSR count). The smallest absolute Gasteiger partial charge is 0.170 e. The van der Waals surface area contributed by atoms with Crippen LogP contribution in [0, 0.1) is 12.7 Å². The Morgan fingerprint density at radius 2 is 1.84 bits per heavy atom. The minimum absolute atomic E-state index is 0.149. The second kappa shape index (κ2) is 5.65. The van der Waals surface area contributed by atoms with Gasteiger partial charge in [0.25, 0.3) is 0 Å². The Labute approximate surface area is 111 Å². The lowest BCUT2D eigenvalue weighted by Gasteiger charge is -2.05. The number of aryl methyl sites for hydroxylation is 1. The zero-order valence-electron chi connectivity index (χ0n) is 10.9. The molecule has 0 fully saturated rings. The molecular formula is C16H15FO2. The minimum atomic E-state index is -0.468. The molecule has 0 aromatic heterocycles. The molecule has 19 heavy (non-hydrogen) atoms. The Bertz CT molecular complexity index is 588. The summed E-state index contributed by atoms with van der Waals surface area (Å²) in [5.74, 6) is 0.0495. The van der Waals surface area contributed by atoms with Gasteiger partial charge in [-0.1, -0.05) is 23.8 Å². The largest absolute Gasteiger partial charge is 0.497 e. The van der Waals surface area contributed by atoms with Crippen LogP contribution in [-0.2, 0) is 6.42 Å². The Morgan fingerprint density at radius 1 is 1.16 bits per heavy atom. The van der Waals surface area contributed by atoms with E-state index in [0.717, 1.165) is 16.9 Å². The first-order valence-electron chi connectivity index (χ1n) is 6.02. The van der Waals surface area contributed by atoms with Gasteiger partial charge in [0.1, 0.15) is 11.6 Å². The molecular weight excluding hydrogens is 243 g/mol. The van der Waals surface area contributed by atoms with E-state index in [1.165, 1.54) is 6.07 Å². The van der Waals surface area contributed by atoms with E-state index in [1.54, 1.807) is 31.4 Å². The van der Waals surface area contributed by atoms with Gasteiger partial charge in [0.15, 0.2) is 5.78 Å². The van der Waals surface area contributed by atoms with E-state index in [9.17, 15) is 9.18 Å². The van der Waals surface area contributed by atoms with E-state index >= 15 is 0 Å². The summed E-state index contributed by atoms with van der Waals surface area (Å²) in [5.41, 5.74) is 1.86. The Balaban J connectivity index is 2.18. The normalized spacial score (nSPS) is 10.3. The fourth-order valence-corrected chi connectivity index (χ4v) is 1.88. The van der Waals surface area contributed by atoms with Crippen LogP contribution >= 0.6 is 0 Å². The lowest BCUT2D eigenvalue weighted by molar-refractivity contribution is 0.0989. The van der Waals surface area contributed by atoms with Crippen molar-refractivity contribution in [3.63, 3.8) is 0 Å². The first kappa shape index (κ1) is 13.3. The SMILES string of the molecule is COc1ccc(CC(=O)c2cc(C)ccc2F)cc1. The molecule has 3 heteroatoms. The maximum atomic E-state index is 13.6. The quantitative estimate of drug-likeness (QED) is 0.784. The van der Waals surface area contributed by atoms with Crippen molar-refractivity contribution in [3.8, 4) is 5.75 Å². The predicted octanol–water partition coefficient (Wildman–Crippen LogP) is 3.57. The maximum Gasteiger partial charge on any atom is 0.170 e. The van der Waals surface area contributed by atoms with Crippen LogP contribution in [0.25, 0.3) is 0 Å². The van der Waals surface area contributed by atoms with E-state index < -0.39 is 5.82 Å². The fourth-order valence-electron chi connectivity index (χ4n) is 1.88. The van der Waals surface area contributed by atoms with Gasteiger partial charge in [-0.25, -0.2) is 4.39 Å². The van der Waals surface area contributed by atoms with E-state index in [4.69, 9.17) is 4.74 Å². The number of rotatable bonds is 4. The van der Waals surface area contributed by atoms with Crippen LogP contribution in [0.5, 0.6) is 5.75 Å². The van der Waals surface area contributed by atoms with Crippen LogP contribution in [0.2, 0.25) is 0 Å². The number of carbonyl (C=O) groups excluding carboxylic acids is 1. The van der Waals surface area contributed by atoms with Crippen LogP contribution in [0.1, 0.15) is 21.5 Å². The highest BCUT2D eigenvalue weighted by atomic mass is 19.1. The van der Waals surface area contributed by atoms with Gasteiger partial charge in [-0.05, 0) is 36.8 Å². The third-order valence-electron chi connectivity index (χ3n) is 2.95. The van der Waals surface area contributed by atoms with Gasteiger partial charge in [-0.15, -0.1) is 0 Å². The van der Waals surface area contributed by atoms with E-state index in [1.807, 2.05) is 19.1 Å². The van der Waals surface area contributed by atoms with E-state index in [2.05, 4.69) is 0 Å². The van der Waals surface area contributed by atoms with Gasteiger partial charge in [-0.3, -0.25) is 4.79 Å². The van der Waals surface area contributed by atoms with E-state index in [0.29, 0.717) is 0 Å². The van der Waals surface area contributed by atoms with Crippen molar-refractivity contribution in [2.24, 2.45) is 0 Å². The molecule has 98 valence electrons. The molecule has 0 saturated heterocycles. The lowest BCUT2D eigenvalue weighted by atomic mass is 10.0. The van der Waals surface area contributed by atoms with Crippen molar-refractivity contribution < 1.29 is 13.9 Å². The van der Waals surface area contributed by atoms with Crippen molar-refractivity contribution >= 4 is 5.78 Å². The van der Waals surface area contributed by atoms with Crippen molar-refractivity contribution in [3.05, 3.63) is 65.0 Å². The number of ether oxygens (including phenoxy) is 1. The monoisotopic (exact) mass is 258 g/mol. The topological polar surface area (TPSA) is 26.3 Å². The fraction of sp³-hybridized carbons (Fsp3) is 0.188. The number of hydrogen-bond donors (Lipinski definition) is 0. The molecule has 2 nitrogen and oxygen atoms in total. The molecule has 0 saturated carbocycles. The van der Waals surface area contributed by atoms with Crippen molar-refractivity contribution in [2.75, 3.05) is 7.11 Å². The summed E-state index contributed by atoms with van der Waals surface area (Å²) in [6.07, 6.45) is 0.185. The van der Waals surface area contributed by atoms with Gasteiger partial charge in [0.05, 0.1) is 12.7 Å². The third kappa shape index (κ3) is 3.19. The summed E-state index contributed by atoms with van der Waals surface area (Å²) in [6, 6.07) is 11.8. The molecule has 0 radical (unpaired) electrons. The first-order chi connectivity index (χ1) is 9.10. The zero-order valence-corrected chi connectivity index (χ0v) is 10.9. The highest BCUT2D eigenvalue weighted by Gasteiger charge is 2.12. The first-order valence-corrected chi connectivity index (χ1v) is 6.02. The van der Waals surface area contributed by atoms with Crippen LogP contribution in [0.15, 0.2) is 42.5 Å². The van der Waals surface area contributed by atoms with Crippen LogP contribution < -0.4 is 4.74 Å². The number of Topliss-reactive ketones (excluding diaryl/α,β-unsaturated/α-hetero) is 1. The van der Waals surface area contributed by atoms with E-state index in [-0.39, 0.29) is 17.8 Å². The molecule has 0 amide bonds. The summed E-state index contributed by atoms with van der Waals surface area (Å²) in [5, 5.41) is 0. The molecule has 0 aliphatic carbocycles. The molecule has 0 N–H and O–H groups in total. The van der Waals surface area contributed by atoms with Crippen molar-refractivity contribution in [2.45, 2.75) is 13.3 Å². The van der Waals surface area contributed by atoms with Crippen LogP contribution in [-0.4, -0.2) is 12.9 Å². The molecule has 0 aliphatic rings. The van der Waals surface area contributed by atoms with Gasteiger partial charge in [-0.2, -0.15) is 0 Å². The van der Waals surface area contributed by atoms with Crippen molar-refractivity contribution in [1.29, 1.82) is 0 Å². The minimum Gasteiger partial charge on any atom is -0.497 e. The number of methoxy groups -OCH3 is 1. The highest BCUT2D eigenvalue weighted by molar-refractivity contribution is 5.97. The number of ketones is 1. The molecule has 2 aromatic carbocycles. The second-order valence-electron chi connectivity index (χ2n) is 4.43. The standard InChI is InChI=1S/C16H15FO2/c1-11-3-8-15(17)14(9-11)16(18)10-12-4-6-13(19-2)7-5-12/h3-9H,10H2,1-2H3. The van der Waals surface area contributed by atoms with Crippen LogP contribution in [0.3, 0.4) is 0 Å². The maximum absolute atomic E-state index is 13.6. The molecule has 0 atom stereocenters. The average molecular weight is 258 g/mol.